The van der Waals surface area contributed by atoms with Crippen molar-refractivity contribution in [3.63, 3.8) is 0 Å². The van der Waals surface area contributed by atoms with Crippen molar-refractivity contribution in [1.29, 1.82) is 0 Å². The van der Waals surface area contributed by atoms with E-state index in [0.29, 0.717) is 13.1 Å². The molecule has 0 aliphatic heterocycles. The number of carbonyl (C=O) groups excluding carboxylic acids is 1. The third-order valence-corrected chi connectivity index (χ3v) is 3.54. The molecule has 1 fully saturated rings. The number of amides is 2. The predicted molar refractivity (Wildman–Crippen MR) is 72.9 cm³/mol. The first-order valence-corrected chi connectivity index (χ1v) is 7.25. The maximum Gasteiger partial charge on any atom is 0.317 e. The molecule has 0 aromatic heterocycles. The molecule has 5 nitrogen and oxygen atoms in total. The first-order valence-electron chi connectivity index (χ1n) is 6.10. The second-order valence-corrected chi connectivity index (χ2v) is 5.31. The highest BCUT2D eigenvalue weighted by atomic mass is 32.2. The van der Waals surface area contributed by atoms with Gasteiger partial charge in [-0.05, 0) is 12.8 Å². The summed E-state index contributed by atoms with van der Waals surface area (Å²) in [7, 11) is 0. The van der Waals surface area contributed by atoms with Crippen LogP contribution in [0.4, 0.5) is 4.79 Å². The van der Waals surface area contributed by atoms with Gasteiger partial charge >= 0.3 is 12.0 Å². The van der Waals surface area contributed by atoms with Crippen molar-refractivity contribution in [2.75, 3.05) is 24.6 Å². The largest absolute Gasteiger partial charge is 0.481 e. The average Bonchev–Trinajstić information content (AvgIpc) is 3.13. The van der Waals surface area contributed by atoms with Gasteiger partial charge < -0.3 is 15.3 Å². The lowest BCUT2D eigenvalue weighted by atomic mass is 10.4. The van der Waals surface area contributed by atoms with E-state index >= 15 is 0 Å². The Balaban J connectivity index is 2.22. The van der Waals surface area contributed by atoms with E-state index in [2.05, 4.69) is 11.9 Å². The summed E-state index contributed by atoms with van der Waals surface area (Å²) in [5.74, 6) is 0.853. The number of nitrogens with one attached hydrogen (secondary N) is 1. The Kier molecular flexibility index (Phi) is 6.64. The fourth-order valence-corrected chi connectivity index (χ4v) is 2.13. The van der Waals surface area contributed by atoms with Crippen LogP contribution in [0.3, 0.4) is 0 Å². The Morgan fingerprint density at radius 3 is 2.78 bits per heavy atom. The minimum atomic E-state index is -0.866. The molecule has 0 saturated heterocycles. The lowest BCUT2D eigenvalue weighted by Crippen LogP contribution is -2.43. The molecule has 0 bridgehead atoms. The van der Waals surface area contributed by atoms with Crippen LogP contribution in [-0.4, -0.2) is 52.6 Å². The predicted octanol–water partition coefficient (Wildman–Crippen LogP) is 1.55. The van der Waals surface area contributed by atoms with Crippen LogP contribution < -0.4 is 5.32 Å². The van der Waals surface area contributed by atoms with Gasteiger partial charge in [-0.15, -0.1) is 6.58 Å². The van der Waals surface area contributed by atoms with Gasteiger partial charge in [0.05, 0.1) is 6.42 Å². The molecule has 102 valence electrons. The lowest BCUT2D eigenvalue weighted by Gasteiger charge is -2.22. The smallest absolute Gasteiger partial charge is 0.317 e. The van der Waals surface area contributed by atoms with Crippen LogP contribution in [0.5, 0.6) is 0 Å². The Morgan fingerprint density at radius 1 is 1.50 bits per heavy atom. The van der Waals surface area contributed by atoms with Crippen LogP contribution in [0.15, 0.2) is 12.7 Å². The van der Waals surface area contributed by atoms with E-state index < -0.39 is 5.97 Å². The number of aliphatic carboxylic acids is 1. The van der Waals surface area contributed by atoms with Crippen molar-refractivity contribution in [1.82, 2.24) is 10.2 Å². The Bertz CT molecular complexity index is 306. The van der Waals surface area contributed by atoms with E-state index in [0.717, 1.165) is 24.3 Å². The number of carbonyl (C=O) groups is 2. The number of hydrogen-bond acceptors (Lipinski definition) is 3. The molecule has 2 N–H and O–H groups in total. The van der Waals surface area contributed by atoms with Crippen molar-refractivity contribution >= 4 is 23.8 Å². The zero-order valence-electron chi connectivity index (χ0n) is 10.4. The zero-order valence-corrected chi connectivity index (χ0v) is 11.2. The molecule has 0 heterocycles. The van der Waals surface area contributed by atoms with Crippen molar-refractivity contribution in [3.05, 3.63) is 12.7 Å². The number of rotatable bonds is 9. The molecular formula is C12H20N2O3S. The second kappa shape index (κ2) is 8.02. The summed E-state index contributed by atoms with van der Waals surface area (Å²) in [4.78, 5) is 24.0. The first-order chi connectivity index (χ1) is 8.65. The van der Waals surface area contributed by atoms with Gasteiger partial charge in [-0.25, -0.2) is 4.79 Å². The molecule has 18 heavy (non-hydrogen) atoms. The molecule has 0 atom stereocenters. The lowest BCUT2D eigenvalue weighted by molar-refractivity contribution is -0.137. The molecule has 0 spiro atoms. The highest BCUT2D eigenvalue weighted by Gasteiger charge is 2.32. The summed E-state index contributed by atoms with van der Waals surface area (Å²) in [5, 5.41) is 11.5. The van der Waals surface area contributed by atoms with E-state index in [-0.39, 0.29) is 18.5 Å². The molecule has 0 unspecified atom stereocenters. The van der Waals surface area contributed by atoms with Gasteiger partial charge in [-0.3, -0.25) is 4.79 Å². The van der Waals surface area contributed by atoms with Gasteiger partial charge in [0.1, 0.15) is 0 Å². The van der Waals surface area contributed by atoms with Gasteiger partial charge in [0, 0.05) is 30.6 Å². The Hall–Kier alpha value is -1.17. The normalized spacial score (nSPS) is 14.0. The third kappa shape index (κ3) is 5.95. The van der Waals surface area contributed by atoms with Crippen LogP contribution in [0, 0.1) is 0 Å². The minimum absolute atomic E-state index is 0.00906. The molecule has 1 aliphatic carbocycles. The van der Waals surface area contributed by atoms with Crippen LogP contribution >= 0.6 is 11.8 Å². The van der Waals surface area contributed by atoms with Gasteiger partial charge in [-0.1, -0.05) is 6.08 Å². The number of urea groups is 1. The van der Waals surface area contributed by atoms with Gasteiger partial charge in [0.15, 0.2) is 0 Å². The summed E-state index contributed by atoms with van der Waals surface area (Å²) in [6.45, 7) is 4.52. The van der Waals surface area contributed by atoms with Crippen LogP contribution in [0.1, 0.15) is 19.3 Å². The monoisotopic (exact) mass is 272 g/mol. The quantitative estimate of drug-likeness (QED) is 0.493. The average molecular weight is 272 g/mol. The first kappa shape index (κ1) is 14.9. The van der Waals surface area contributed by atoms with E-state index in [4.69, 9.17) is 5.11 Å². The fourth-order valence-electron chi connectivity index (χ4n) is 1.55. The van der Waals surface area contributed by atoms with Gasteiger partial charge in [0.25, 0.3) is 0 Å². The number of hydrogen-bond donors (Lipinski definition) is 2. The molecule has 0 aromatic rings. The number of thioether (sulfide) groups is 1. The standard InChI is InChI=1S/C12H20N2O3S/c1-2-8-18-9-6-13-12(17)14(10-3-4-10)7-5-11(15)16/h2,10H,1,3-9H2,(H,13,17)(H,15,16). The van der Waals surface area contributed by atoms with E-state index in [1.165, 1.54) is 0 Å². The van der Waals surface area contributed by atoms with Crippen molar-refractivity contribution in [2.24, 2.45) is 0 Å². The number of carboxylic acids is 1. The third-order valence-electron chi connectivity index (χ3n) is 2.57. The van der Waals surface area contributed by atoms with Crippen molar-refractivity contribution in [3.8, 4) is 0 Å². The van der Waals surface area contributed by atoms with Crippen LogP contribution in [0.2, 0.25) is 0 Å². The van der Waals surface area contributed by atoms with Gasteiger partial charge in [0.2, 0.25) is 0 Å². The number of nitrogens with zero attached hydrogens (tertiary/aromatic N) is 1. The fraction of sp³-hybridized carbons (Fsp3) is 0.667. The second-order valence-electron chi connectivity index (χ2n) is 4.16. The van der Waals surface area contributed by atoms with Crippen LogP contribution in [-0.2, 0) is 4.79 Å². The highest BCUT2D eigenvalue weighted by Crippen LogP contribution is 2.26. The molecule has 0 radical (unpaired) electrons. The molecule has 1 aliphatic rings. The summed E-state index contributed by atoms with van der Waals surface area (Å²) in [5.41, 5.74) is 0. The molecule has 1 rings (SSSR count). The number of carboxylic acid groups (broad SMARTS) is 1. The summed E-state index contributed by atoms with van der Waals surface area (Å²) >= 11 is 1.70. The molecule has 6 heteroatoms. The Morgan fingerprint density at radius 2 is 2.22 bits per heavy atom. The Labute approximate surface area is 112 Å². The summed E-state index contributed by atoms with van der Waals surface area (Å²) in [6.07, 6.45) is 3.81. The van der Waals surface area contributed by atoms with Gasteiger partial charge in [-0.2, -0.15) is 11.8 Å². The summed E-state index contributed by atoms with van der Waals surface area (Å²) in [6, 6.07) is 0.100. The summed E-state index contributed by atoms with van der Waals surface area (Å²) < 4.78 is 0. The maximum atomic E-state index is 11.9. The van der Waals surface area contributed by atoms with Crippen LogP contribution in [0.25, 0.3) is 0 Å². The minimum Gasteiger partial charge on any atom is -0.481 e. The van der Waals surface area contributed by atoms with Crippen molar-refractivity contribution < 1.29 is 14.7 Å². The highest BCUT2D eigenvalue weighted by molar-refractivity contribution is 7.99. The van der Waals surface area contributed by atoms with E-state index in [1.807, 2.05) is 6.08 Å². The molecular weight excluding hydrogens is 252 g/mol. The van der Waals surface area contributed by atoms with E-state index in [9.17, 15) is 9.59 Å². The molecule has 0 aromatic carbocycles. The van der Waals surface area contributed by atoms with E-state index in [1.54, 1.807) is 16.7 Å². The zero-order chi connectivity index (χ0) is 13.4. The molecule has 1 saturated carbocycles. The molecule has 2 amide bonds. The van der Waals surface area contributed by atoms with Crippen molar-refractivity contribution in [2.45, 2.75) is 25.3 Å². The maximum absolute atomic E-state index is 11.9. The SMILES string of the molecule is C=CCSCCNC(=O)N(CCC(=O)O)C1CC1. The topological polar surface area (TPSA) is 69.6 Å².